The number of nitrogens with zero attached hydrogens (tertiary/aromatic N) is 3. The van der Waals surface area contributed by atoms with Gasteiger partial charge in [0.15, 0.2) is 0 Å². The van der Waals surface area contributed by atoms with Crippen molar-refractivity contribution in [2.24, 2.45) is 0 Å². The van der Waals surface area contributed by atoms with Crippen molar-refractivity contribution in [3.8, 4) is 0 Å². The molecule has 110 valence electrons. The van der Waals surface area contributed by atoms with E-state index in [1.807, 2.05) is 13.8 Å². The molecule has 1 aromatic heterocycles. The van der Waals surface area contributed by atoms with E-state index >= 15 is 0 Å². The van der Waals surface area contributed by atoms with Gasteiger partial charge < -0.3 is 10.4 Å². The highest BCUT2D eigenvalue weighted by Crippen LogP contribution is 2.26. The second-order valence-electron chi connectivity index (χ2n) is 4.36. The molecule has 0 radical (unpaired) electrons. The van der Waals surface area contributed by atoms with Gasteiger partial charge in [-0.1, -0.05) is 13.8 Å². The minimum atomic E-state index is -0.972. The van der Waals surface area contributed by atoms with E-state index in [0.717, 1.165) is 24.2 Å². The Morgan fingerprint density at radius 3 is 2.52 bits per heavy atom. The summed E-state index contributed by atoms with van der Waals surface area (Å²) >= 11 is 3.33. The molecule has 0 aliphatic rings. The first kappa shape index (κ1) is 15.4. The van der Waals surface area contributed by atoms with Crippen LogP contribution in [0.15, 0.2) is 22.7 Å². The molecule has 0 aliphatic carbocycles. The van der Waals surface area contributed by atoms with Gasteiger partial charge in [0.05, 0.1) is 22.6 Å². The van der Waals surface area contributed by atoms with E-state index in [1.165, 1.54) is 12.1 Å². The molecule has 21 heavy (non-hydrogen) atoms. The topological polar surface area (TPSA) is 88.0 Å². The van der Waals surface area contributed by atoms with Crippen molar-refractivity contribution in [2.45, 2.75) is 26.7 Å². The predicted molar refractivity (Wildman–Crippen MR) is 83.0 cm³/mol. The number of hydrogen-bond acceptors (Lipinski definition) is 5. The van der Waals surface area contributed by atoms with E-state index < -0.39 is 5.97 Å². The van der Waals surface area contributed by atoms with Crippen LogP contribution in [0.3, 0.4) is 0 Å². The van der Waals surface area contributed by atoms with E-state index in [-0.39, 0.29) is 5.56 Å². The number of carbonyl (C=O) groups is 1. The van der Waals surface area contributed by atoms with Gasteiger partial charge in [-0.2, -0.15) is 0 Å². The number of carboxylic acids is 1. The van der Waals surface area contributed by atoms with E-state index in [2.05, 4.69) is 36.4 Å². The Balaban J connectivity index is 2.28. The molecule has 0 atom stereocenters. The van der Waals surface area contributed by atoms with E-state index in [4.69, 9.17) is 5.11 Å². The highest BCUT2D eigenvalue weighted by Gasteiger charge is 2.10. The van der Waals surface area contributed by atoms with Gasteiger partial charge in [-0.05, 0) is 47.0 Å². The van der Waals surface area contributed by atoms with Crippen LogP contribution in [0.4, 0.5) is 11.6 Å². The summed E-state index contributed by atoms with van der Waals surface area (Å²) < 4.78 is 0.628. The van der Waals surface area contributed by atoms with Gasteiger partial charge in [-0.25, -0.2) is 9.78 Å². The average molecular weight is 351 g/mol. The summed E-state index contributed by atoms with van der Waals surface area (Å²) in [5.41, 5.74) is 2.70. The minimum absolute atomic E-state index is 0.210. The van der Waals surface area contributed by atoms with Crippen molar-refractivity contribution in [2.75, 3.05) is 5.32 Å². The summed E-state index contributed by atoms with van der Waals surface area (Å²) in [4.78, 5) is 15.3. The smallest absolute Gasteiger partial charge is 0.335 e. The van der Waals surface area contributed by atoms with Crippen molar-refractivity contribution < 1.29 is 9.90 Å². The zero-order chi connectivity index (χ0) is 15.4. The van der Waals surface area contributed by atoms with Crippen molar-refractivity contribution in [1.82, 2.24) is 15.2 Å². The number of halogens is 1. The highest BCUT2D eigenvalue weighted by molar-refractivity contribution is 9.10. The van der Waals surface area contributed by atoms with Gasteiger partial charge in [-0.15, -0.1) is 10.2 Å². The molecule has 7 heteroatoms. The number of aromatic carboxylic acids is 1. The average Bonchev–Trinajstić information content (AvgIpc) is 2.48. The monoisotopic (exact) mass is 350 g/mol. The van der Waals surface area contributed by atoms with Crippen LogP contribution in [0, 0.1) is 0 Å². The predicted octanol–water partition coefficient (Wildman–Crippen LogP) is 3.20. The second kappa shape index (κ2) is 6.62. The van der Waals surface area contributed by atoms with Gasteiger partial charge in [0, 0.05) is 4.47 Å². The molecule has 0 saturated carbocycles. The van der Waals surface area contributed by atoms with Crippen LogP contribution in [0.25, 0.3) is 0 Å². The third kappa shape index (κ3) is 3.55. The summed E-state index contributed by atoms with van der Waals surface area (Å²) in [5, 5.41) is 20.2. The summed E-state index contributed by atoms with van der Waals surface area (Å²) in [5.74, 6) is -0.575. The normalized spacial score (nSPS) is 10.4. The van der Waals surface area contributed by atoms with Gasteiger partial charge in [0.2, 0.25) is 5.95 Å². The standard InChI is InChI=1S/C14H15BrN4O2/c1-3-10-11(4-2)18-19-14(16-10)17-12-6-5-8(13(20)21)7-9(12)15/h5-7H,3-4H2,1-2H3,(H,20,21)(H,16,17,19). The molecule has 0 fully saturated rings. The van der Waals surface area contributed by atoms with E-state index in [9.17, 15) is 4.79 Å². The number of aryl methyl sites for hydroxylation is 2. The number of hydrogen-bond donors (Lipinski definition) is 2. The van der Waals surface area contributed by atoms with Crippen LogP contribution in [0.5, 0.6) is 0 Å². The molecule has 0 bridgehead atoms. The molecule has 2 N–H and O–H groups in total. The molecule has 0 amide bonds. The van der Waals surface area contributed by atoms with Crippen LogP contribution in [0.1, 0.15) is 35.6 Å². The van der Waals surface area contributed by atoms with Gasteiger partial charge >= 0.3 is 5.97 Å². The maximum Gasteiger partial charge on any atom is 0.335 e. The van der Waals surface area contributed by atoms with Gasteiger partial charge in [-0.3, -0.25) is 0 Å². The fourth-order valence-electron chi connectivity index (χ4n) is 1.86. The summed E-state index contributed by atoms with van der Waals surface area (Å²) in [6, 6.07) is 4.71. The number of nitrogens with one attached hydrogen (secondary N) is 1. The van der Waals surface area contributed by atoms with Gasteiger partial charge in [0.1, 0.15) is 0 Å². The van der Waals surface area contributed by atoms with Crippen LogP contribution in [0.2, 0.25) is 0 Å². The zero-order valence-corrected chi connectivity index (χ0v) is 13.3. The van der Waals surface area contributed by atoms with E-state index in [1.54, 1.807) is 6.07 Å². The zero-order valence-electron chi connectivity index (χ0n) is 11.7. The largest absolute Gasteiger partial charge is 0.478 e. The molecule has 2 aromatic rings. The molecule has 0 spiro atoms. The van der Waals surface area contributed by atoms with Crippen molar-refractivity contribution >= 4 is 33.5 Å². The van der Waals surface area contributed by atoms with Crippen LogP contribution >= 0.6 is 15.9 Å². The molecule has 0 aliphatic heterocycles. The van der Waals surface area contributed by atoms with Crippen LogP contribution < -0.4 is 5.32 Å². The maximum absolute atomic E-state index is 10.9. The number of rotatable bonds is 5. The lowest BCUT2D eigenvalue weighted by molar-refractivity contribution is 0.0697. The number of benzene rings is 1. The molecule has 0 saturated heterocycles. The molecule has 1 heterocycles. The second-order valence-corrected chi connectivity index (χ2v) is 5.22. The summed E-state index contributed by atoms with van der Waals surface area (Å²) in [7, 11) is 0. The fraction of sp³-hybridized carbons (Fsp3) is 0.286. The number of anilines is 2. The first-order valence-electron chi connectivity index (χ1n) is 6.57. The van der Waals surface area contributed by atoms with Gasteiger partial charge in [0.25, 0.3) is 0 Å². The SMILES string of the molecule is CCc1nnc(Nc2ccc(C(=O)O)cc2Br)nc1CC. The molecule has 0 unspecified atom stereocenters. The lowest BCUT2D eigenvalue weighted by Crippen LogP contribution is -2.07. The Bertz CT molecular complexity index is 676. The number of aromatic nitrogens is 3. The maximum atomic E-state index is 10.9. The van der Waals surface area contributed by atoms with Crippen LogP contribution in [-0.2, 0) is 12.8 Å². The fourth-order valence-corrected chi connectivity index (χ4v) is 2.34. The number of carboxylic acid groups (broad SMARTS) is 1. The lowest BCUT2D eigenvalue weighted by atomic mass is 10.2. The van der Waals surface area contributed by atoms with Crippen molar-refractivity contribution in [3.05, 3.63) is 39.6 Å². The Labute approximate surface area is 130 Å². The van der Waals surface area contributed by atoms with E-state index in [0.29, 0.717) is 16.1 Å². The first-order valence-corrected chi connectivity index (χ1v) is 7.36. The quantitative estimate of drug-likeness (QED) is 0.860. The Kier molecular flexibility index (Phi) is 4.85. The van der Waals surface area contributed by atoms with Crippen molar-refractivity contribution in [3.63, 3.8) is 0 Å². The third-order valence-corrected chi connectivity index (χ3v) is 3.63. The highest BCUT2D eigenvalue weighted by atomic mass is 79.9. The molecule has 6 nitrogen and oxygen atoms in total. The Morgan fingerprint density at radius 2 is 1.95 bits per heavy atom. The third-order valence-electron chi connectivity index (χ3n) is 2.97. The Hall–Kier alpha value is -2.02. The molecular formula is C14H15BrN4O2. The first-order chi connectivity index (χ1) is 10.0. The van der Waals surface area contributed by atoms with Crippen LogP contribution in [-0.4, -0.2) is 26.3 Å². The lowest BCUT2D eigenvalue weighted by Gasteiger charge is -2.09. The minimum Gasteiger partial charge on any atom is -0.478 e. The van der Waals surface area contributed by atoms with Crippen molar-refractivity contribution in [1.29, 1.82) is 0 Å². The summed E-state index contributed by atoms with van der Waals surface area (Å²) in [6.45, 7) is 4.03. The summed E-state index contributed by atoms with van der Waals surface area (Å²) in [6.07, 6.45) is 1.58. The Morgan fingerprint density at radius 1 is 1.24 bits per heavy atom. The molecule has 2 rings (SSSR count). The molecule has 1 aromatic carbocycles. The molecular weight excluding hydrogens is 336 g/mol.